The van der Waals surface area contributed by atoms with Crippen LogP contribution in [-0.2, 0) is 10.0 Å². The van der Waals surface area contributed by atoms with Gasteiger partial charge in [0.25, 0.3) is 0 Å². The van der Waals surface area contributed by atoms with E-state index in [1.807, 2.05) is 0 Å². The summed E-state index contributed by atoms with van der Waals surface area (Å²) in [6, 6.07) is 6.57. The standard InChI is InChI=1S/C13H13F3N2O2S/c14-13(15,16)5-1-7-21(19,20)18-12-3-2-11-9-17-6-4-10(11)8-12/h2-4,6,8-9,18H,1,5,7H2. The summed E-state index contributed by atoms with van der Waals surface area (Å²) in [6.45, 7) is 0. The second-order valence-electron chi connectivity index (χ2n) is 4.58. The fraction of sp³-hybridized carbons (Fsp3) is 0.308. The monoisotopic (exact) mass is 318 g/mol. The smallest absolute Gasteiger partial charge is 0.284 e. The Morgan fingerprint density at radius 1 is 1.14 bits per heavy atom. The van der Waals surface area contributed by atoms with Crippen molar-refractivity contribution in [2.24, 2.45) is 0 Å². The van der Waals surface area contributed by atoms with Gasteiger partial charge in [0.1, 0.15) is 0 Å². The number of halogens is 3. The van der Waals surface area contributed by atoms with Crippen LogP contribution in [0.3, 0.4) is 0 Å². The summed E-state index contributed by atoms with van der Waals surface area (Å²) < 4.78 is 61.8. The zero-order chi connectivity index (χ0) is 15.5. The van der Waals surface area contributed by atoms with Crippen molar-refractivity contribution in [2.45, 2.75) is 19.0 Å². The number of nitrogens with one attached hydrogen (secondary N) is 1. The third-order valence-electron chi connectivity index (χ3n) is 2.79. The summed E-state index contributed by atoms with van der Waals surface area (Å²) in [6.07, 6.45) is -2.71. The van der Waals surface area contributed by atoms with Crippen LogP contribution in [0.5, 0.6) is 0 Å². The minimum atomic E-state index is -4.34. The van der Waals surface area contributed by atoms with Crippen molar-refractivity contribution in [2.75, 3.05) is 10.5 Å². The maximum Gasteiger partial charge on any atom is 0.389 e. The number of nitrogens with zero attached hydrogens (tertiary/aromatic N) is 1. The zero-order valence-electron chi connectivity index (χ0n) is 10.9. The van der Waals surface area contributed by atoms with Crippen molar-refractivity contribution in [3.8, 4) is 0 Å². The van der Waals surface area contributed by atoms with Crippen LogP contribution in [0.4, 0.5) is 18.9 Å². The van der Waals surface area contributed by atoms with Crippen LogP contribution in [0.15, 0.2) is 36.7 Å². The second kappa shape index (κ2) is 5.88. The molecule has 0 radical (unpaired) electrons. The zero-order valence-corrected chi connectivity index (χ0v) is 11.7. The highest BCUT2D eigenvalue weighted by Gasteiger charge is 2.27. The van der Waals surface area contributed by atoms with Gasteiger partial charge in [-0.2, -0.15) is 13.2 Å². The summed E-state index contributed by atoms with van der Waals surface area (Å²) in [4.78, 5) is 3.94. The van der Waals surface area contributed by atoms with Crippen LogP contribution in [0.25, 0.3) is 10.8 Å². The number of hydrogen-bond donors (Lipinski definition) is 1. The van der Waals surface area contributed by atoms with Gasteiger partial charge < -0.3 is 0 Å². The number of pyridine rings is 1. The van der Waals surface area contributed by atoms with Crippen molar-refractivity contribution in [3.05, 3.63) is 36.7 Å². The molecule has 1 aromatic heterocycles. The lowest BCUT2D eigenvalue weighted by atomic mass is 10.2. The van der Waals surface area contributed by atoms with Crippen LogP contribution in [-0.4, -0.2) is 25.3 Å². The van der Waals surface area contributed by atoms with Gasteiger partial charge in [-0.1, -0.05) is 6.07 Å². The Balaban J connectivity index is 2.04. The highest BCUT2D eigenvalue weighted by atomic mass is 32.2. The lowest BCUT2D eigenvalue weighted by Gasteiger charge is -2.10. The van der Waals surface area contributed by atoms with Gasteiger partial charge in [-0.05, 0) is 30.0 Å². The number of alkyl halides is 3. The first-order chi connectivity index (χ1) is 9.75. The minimum Gasteiger partial charge on any atom is -0.284 e. The normalized spacial score (nSPS) is 12.5. The number of fused-ring (bicyclic) bond motifs is 1. The lowest BCUT2D eigenvalue weighted by molar-refractivity contribution is -0.134. The molecule has 0 saturated heterocycles. The van der Waals surface area contributed by atoms with Gasteiger partial charge >= 0.3 is 6.18 Å². The van der Waals surface area contributed by atoms with Gasteiger partial charge in [-0.25, -0.2) is 8.42 Å². The third-order valence-corrected chi connectivity index (χ3v) is 4.16. The van der Waals surface area contributed by atoms with Gasteiger partial charge in [0.05, 0.1) is 5.75 Å². The first-order valence-electron chi connectivity index (χ1n) is 6.16. The molecule has 0 spiro atoms. The molecule has 0 aliphatic rings. The van der Waals surface area contributed by atoms with E-state index in [1.54, 1.807) is 36.7 Å². The molecule has 2 aromatic rings. The number of aromatic nitrogens is 1. The minimum absolute atomic E-state index is 0.320. The molecule has 0 aliphatic heterocycles. The summed E-state index contributed by atoms with van der Waals surface area (Å²) in [5.41, 5.74) is 0.320. The number of anilines is 1. The molecule has 0 bridgehead atoms. The fourth-order valence-electron chi connectivity index (χ4n) is 1.84. The molecule has 2 rings (SSSR count). The molecule has 1 heterocycles. The van der Waals surface area contributed by atoms with Crippen molar-refractivity contribution in [1.29, 1.82) is 0 Å². The summed E-state index contributed by atoms with van der Waals surface area (Å²) in [5, 5.41) is 1.64. The van der Waals surface area contributed by atoms with Crippen molar-refractivity contribution in [3.63, 3.8) is 0 Å². The molecule has 0 aliphatic carbocycles. The van der Waals surface area contributed by atoms with E-state index >= 15 is 0 Å². The quantitative estimate of drug-likeness (QED) is 0.920. The van der Waals surface area contributed by atoms with E-state index in [4.69, 9.17) is 0 Å². The Labute approximate surface area is 120 Å². The van der Waals surface area contributed by atoms with Gasteiger partial charge in [0.2, 0.25) is 10.0 Å². The van der Waals surface area contributed by atoms with Crippen LogP contribution >= 0.6 is 0 Å². The third kappa shape index (κ3) is 4.89. The topological polar surface area (TPSA) is 59.1 Å². The van der Waals surface area contributed by atoms with Crippen LogP contribution in [0.1, 0.15) is 12.8 Å². The van der Waals surface area contributed by atoms with Crippen LogP contribution in [0.2, 0.25) is 0 Å². The molecule has 114 valence electrons. The highest BCUT2D eigenvalue weighted by Crippen LogP contribution is 2.22. The summed E-state index contributed by atoms with van der Waals surface area (Å²) in [7, 11) is -3.79. The van der Waals surface area contributed by atoms with E-state index < -0.39 is 34.8 Å². The number of sulfonamides is 1. The van der Waals surface area contributed by atoms with Crippen molar-refractivity contribution >= 4 is 26.5 Å². The molecular formula is C13H13F3N2O2S. The van der Waals surface area contributed by atoms with E-state index in [9.17, 15) is 21.6 Å². The molecule has 0 saturated carbocycles. The van der Waals surface area contributed by atoms with Gasteiger partial charge in [-0.3, -0.25) is 9.71 Å². The van der Waals surface area contributed by atoms with E-state index in [1.165, 1.54) is 0 Å². The Kier molecular flexibility index (Phi) is 4.36. The Bertz CT molecular complexity index is 730. The molecule has 4 nitrogen and oxygen atoms in total. The van der Waals surface area contributed by atoms with E-state index in [2.05, 4.69) is 9.71 Å². The van der Waals surface area contributed by atoms with Crippen LogP contribution in [0, 0.1) is 0 Å². The average Bonchev–Trinajstić information content (AvgIpc) is 2.36. The molecule has 0 atom stereocenters. The summed E-state index contributed by atoms with van der Waals surface area (Å²) in [5.74, 6) is -0.569. The maximum absolute atomic E-state index is 12.0. The largest absolute Gasteiger partial charge is 0.389 e. The van der Waals surface area contributed by atoms with Crippen LogP contribution < -0.4 is 4.72 Å². The molecule has 0 amide bonds. The number of benzene rings is 1. The van der Waals surface area contributed by atoms with E-state index in [0.717, 1.165) is 10.8 Å². The van der Waals surface area contributed by atoms with Gasteiger partial charge in [-0.15, -0.1) is 0 Å². The number of hydrogen-bond acceptors (Lipinski definition) is 3. The molecule has 1 N–H and O–H groups in total. The molecule has 0 fully saturated rings. The molecule has 8 heteroatoms. The average molecular weight is 318 g/mol. The van der Waals surface area contributed by atoms with E-state index in [0.29, 0.717) is 5.69 Å². The predicted molar refractivity (Wildman–Crippen MR) is 74.4 cm³/mol. The Morgan fingerprint density at radius 2 is 1.90 bits per heavy atom. The fourth-order valence-corrected chi connectivity index (χ4v) is 2.95. The molecule has 1 aromatic carbocycles. The van der Waals surface area contributed by atoms with Gasteiger partial charge in [0, 0.05) is 29.9 Å². The highest BCUT2D eigenvalue weighted by molar-refractivity contribution is 7.92. The Hall–Kier alpha value is -1.83. The van der Waals surface area contributed by atoms with E-state index in [-0.39, 0.29) is 0 Å². The van der Waals surface area contributed by atoms with Crippen molar-refractivity contribution < 1.29 is 21.6 Å². The predicted octanol–water partition coefficient (Wildman–Crippen LogP) is 3.32. The summed E-state index contributed by atoms with van der Waals surface area (Å²) >= 11 is 0. The number of rotatable bonds is 5. The SMILES string of the molecule is O=S(=O)(CCCC(F)(F)F)Nc1ccc2cnccc2c1. The first-order valence-corrected chi connectivity index (χ1v) is 7.81. The van der Waals surface area contributed by atoms with Gasteiger partial charge in [0.15, 0.2) is 0 Å². The lowest BCUT2D eigenvalue weighted by Crippen LogP contribution is -2.18. The second-order valence-corrected chi connectivity index (χ2v) is 6.42. The Morgan fingerprint density at radius 3 is 2.62 bits per heavy atom. The maximum atomic E-state index is 12.0. The van der Waals surface area contributed by atoms with Crippen molar-refractivity contribution in [1.82, 2.24) is 4.98 Å². The first kappa shape index (κ1) is 15.6. The molecule has 21 heavy (non-hydrogen) atoms. The molecular weight excluding hydrogens is 305 g/mol. The molecule has 0 unspecified atom stereocenters.